The zero-order valence-electron chi connectivity index (χ0n) is 20.9. The number of hydrogen-bond acceptors (Lipinski definition) is 6. The van der Waals surface area contributed by atoms with Gasteiger partial charge in [-0.15, -0.1) is 0 Å². The highest BCUT2D eigenvalue weighted by molar-refractivity contribution is 6.30. The van der Waals surface area contributed by atoms with Crippen molar-refractivity contribution in [1.82, 2.24) is 5.32 Å². The van der Waals surface area contributed by atoms with Crippen LogP contribution in [-0.2, 0) is 19.1 Å². The molecule has 0 saturated heterocycles. The molecule has 0 amide bonds. The molecular formula is C29H30ClNO5. The average molecular weight is 508 g/mol. The zero-order chi connectivity index (χ0) is 26.0. The molecular weight excluding hydrogens is 478 g/mol. The monoisotopic (exact) mass is 507 g/mol. The van der Waals surface area contributed by atoms with Crippen LogP contribution in [0.3, 0.4) is 0 Å². The Hall–Kier alpha value is -3.38. The first-order chi connectivity index (χ1) is 17.2. The summed E-state index contributed by atoms with van der Waals surface area (Å²) in [5.74, 6) is -1.05. The minimum atomic E-state index is -0.581. The van der Waals surface area contributed by atoms with Crippen LogP contribution in [0, 0.1) is 0 Å². The van der Waals surface area contributed by atoms with Crippen LogP contribution in [0.2, 0.25) is 5.02 Å². The Balaban J connectivity index is 1.76. The summed E-state index contributed by atoms with van der Waals surface area (Å²) in [6.07, 6.45) is 1.40. The molecule has 1 N–H and O–H groups in total. The number of allylic oxidation sites excluding steroid dienone is 3. The van der Waals surface area contributed by atoms with Gasteiger partial charge in [0.2, 0.25) is 0 Å². The summed E-state index contributed by atoms with van der Waals surface area (Å²) in [7, 11) is 0. The van der Waals surface area contributed by atoms with Crippen LogP contribution in [0.1, 0.15) is 69.9 Å². The van der Waals surface area contributed by atoms with Crippen LogP contribution in [0.25, 0.3) is 0 Å². The van der Waals surface area contributed by atoms with Gasteiger partial charge in [-0.25, -0.2) is 4.79 Å². The van der Waals surface area contributed by atoms with Gasteiger partial charge < -0.3 is 14.8 Å². The predicted octanol–water partition coefficient (Wildman–Crippen LogP) is 5.97. The van der Waals surface area contributed by atoms with Crippen LogP contribution >= 0.6 is 11.6 Å². The second-order valence-corrected chi connectivity index (χ2v) is 9.79. The van der Waals surface area contributed by atoms with Crippen molar-refractivity contribution in [3.63, 3.8) is 0 Å². The first kappa shape index (κ1) is 25.7. The Bertz CT molecular complexity index is 1240. The third kappa shape index (κ3) is 5.39. The minimum Gasteiger partial charge on any atom is -0.459 e. The topological polar surface area (TPSA) is 81.7 Å². The molecule has 1 heterocycles. The second kappa shape index (κ2) is 10.7. The fraction of sp³-hybridized carbons (Fsp3) is 0.345. The van der Waals surface area contributed by atoms with E-state index in [0.717, 1.165) is 16.8 Å². The van der Waals surface area contributed by atoms with Crippen molar-refractivity contribution in [1.29, 1.82) is 0 Å². The Labute approximate surface area is 216 Å². The predicted molar refractivity (Wildman–Crippen MR) is 138 cm³/mol. The molecule has 6 nitrogen and oxygen atoms in total. The number of halogens is 1. The first-order valence-electron chi connectivity index (χ1n) is 12.2. The van der Waals surface area contributed by atoms with Crippen molar-refractivity contribution in [3.8, 4) is 5.75 Å². The minimum absolute atomic E-state index is 0.00873. The summed E-state index contributed by atoms with van der Waals surface area (Å²) >= 11 is 6.06. The Kier molecular flexibility index (Phi) is 7.65. The molecule has 1 aliphatic heterocycles. The van der Waals surface area contributed by atoms with Crippen molar-refractivity contribution < 1.29 is 23.9 Å². The molecule has 2 aliphatic rings. The van der Waals surface area contributed by atoms with Crippen LogP contribution in [0.4, 0.5) is 0 Å². The van der Waals surface area contributed by atoms with Gasteiger partial charge in [-0.05, 0) is 68.0 Å². The van der Waals surface area contributed by atoms with Crippen molar-refractivity contribution >= 4 is 29.3 Å². The highest BCUT2D eigenvalue weighted by atomic mass is 35.5. The number of ether oxygens (including phenoxy) is 2. The van der Waals surface area contributed by atoms with E-state index in [0.29, 0.717) is 46.9 Å². The van der Waals surface area contributed by atoms with Gasteiger partial charge >= 0.3 is 11.9 Å². The number of carbonyl (C=O) groups is 3. The van der Waals surface area contributed by atoms with Crippen LogP contribution in [-0.4, -0.2) is 23.8 Å². The van der Waals surface area contributed by atoms with E-state index in [9.17, 15) is 14.4 Å². The summed E-state index contributed by atoms with van der Waals surface area (Å²) in [5, 5.41) is 4.01. The van der Waals surface area contributed by atoms with Crippen LogP contribution in [0.15, 0.2) is 71.1 Å². The molecule has 0 aromatic heterocycles. The quantitative estimate of drug-likeness (QED) is 0.383. The number of rotatable bonds is 6. The molecule has 188 valence electrons. The number of ketones is 1. The van der Waals surface area contributed by atoms with Gasteiger partial charge in [0.1, 0.15) is 5.75 Å². The maximum atomic E-state index is 13.7. The largest absolute Gasteiger partial charge is 0.459 e. The molecule has 2 aromatic rings. The highest BCUT2D eigenvalue weighted by Crippen LogP contribution is 2.46. The van der Waals surface area contributed by atoms with Gasteiger partial charge in [0.15, 0.2) is 5.78 Å². The highest BCUT2D eigenvalue weighted by Gasteiger charge is 2.41. The summed E-state index contributed by atoms with van der Waals surface area (Å²) in [4.78, 5) is 38.4. The van der Waals surface area contributed by atoms with E-state index < -0.39 is 17.9 Å². The standard InChI is InChI=1S/C29H30ClNO5/c1-5-16(2)35-29(34)26-17(3)31-24-14-21(19-6-10-22(30)11-7-19)15-25(33)28(24)27(26)20-8-12-23(13-9-20)36-18(4)32/h6-13,16,21,27,31H,5,14-15H2,1-4H3/t16-,21+,27-/m0/s1. The summed E-state index contributed by atoms with van der Waals surface area (Å²) in [5.41, 5.74) is 4.30. The van der Waals surface area contributed by atoms with Crippen molar-refractivity contribution in [2.24, 2.45) is 0 Å². The third-order valence-corrected chi connectivity index (χ3v) is 7.00. The fourth-order valence-corrected chi connectivity index (χ4v) is 4.96. The normalized spacial score (nSPS) is 20.4. The van der Waals surface area contributed by atoms with E-state index in [2.05, 4.69) is 5.32 Å². The van der Waals surface area contributed by atoms with Crippen molar-refractivity contribution in [3.05, 3.63) is 87.2 Å². The van der Waals surface area contributed by atoms with E-state index in [1.54, 1.807) is 24.3 Å². The Morgan fingerprint density at radius 2 is 1.69 bits per heavy atom. The molecule has 0 bridgehead atoms. The van der Waals surface area contributed by atoms with Crippen molar-refractivity contribution in [2.75, 3.05) is 0 Å². The van der Waals surface area contributed by atoms with E-state index in [4.69, 9.17) is 21.1 Å². The molecule has 0 unspecified atom stereocenters. The first-order valence-corrected chi connectivity index (χ1v) is 12.5. The van der Waals surface area contributed by atoms with E-state index in [1.165, 1.54) is 6.92 Å². The number of esters is 2. The smallest absolute Gasteiger partial charge is 0.337 e. The molecule has 0 saturated carbocycles. The summed E-state index contributed by atoms with van der Waals surface area (Å²) in [6.45, 7) is 6.98. The molecule has 3 atom stereocenters. The lowest BCUT2D eigenvalue weighted by atomic mass is 9.71. The van der Waals surface area contributed by atoms with Gasteiger partial charge in [-0.2, -0.15) is 0 Å². The number of dihydropyridines is 1. The van der Waals surface area contributed by atoms with Gasteiger partial charge in [0, 0.05) is 41.3 Å². The summed E-state index contributed by atoms with van der Waals surface area (Å²) in [6, 6.07) is 14.5. The van der Waals surface area contributed by atoms with E-state index in [1.807, 2.05) is 45.0 Å². The van der Waals surface area contributed by atoms with Gasteiger partial charge in [-0.3, -0.25) is 9.59 Å². The van der Waals surface area contributed by atoms with Crippen LogP contribution < -0.4 is 10.1 Å². The van der Waals surface area contributed by atoms with Crippen LogP contribution in [0.5, 0.6) is 5.75 Å². The molecule has 0 radical (unpaired) electrons. The lowest BCUT2D eigenvalue weighted by Gasteiger charge is -2.37. The van der Waals surface area contributed by atoms with Gasteiger partial charge in [0.05, 0.1) is 11.7 Å². The summed E-state index contributed by atoms with van der Waals surface area (Å²) < 4.78 is 10.9. The third-order valence-electron chi connectivity index (χ3n) is 6.75. The SMILES string of the molecule is CC[C@H](C)OC(=O)C1=C(C)NC2=C(C(=O)C[C@H](c3ccc(Cl)cc3)C2)[C@H]1c1ccc(OC(C)=O)cc1. The number of hydrogen-bond donors (Lipinski definition) is 1. The number of benzene rings is 2. The number of carbonyl (C=O) groups excluding carboxylic acids is 3. The lowest BCUT2D eigenvalue weighted by Crippen LogP contribution is -2.36. The Morgan fingerprint density at radius 1 is 1.06 bits per heavy atom. The maximum absolute atomic E-state index is 13.7. The molecule has 7 heteroatoms. The van der Waals surface area contributed by atoms with E-state index in [-0.39, 0.29) is 17.8 Å². The number of nitrogens with one attached hydrogen (secondary N) is 1. The number of Topliss-reactive ketones (excluding diaryl/α,β-unsaturated/α-hetero) is 1. The fourth-order valence-electron chi connectivity index (χ4n) is 4.84. The molecule has 4 rings (SSSR count). The maximum Gasteiger partial charge on any atom is 0.337 e. The van der Waals surface area contributed by atoms with E-state index >= 15 is 0 Å². The average Bonchev–Trinajstić information content (AvgIpc) is 2.83. The molecule has 36 heavy (non-hydrogen) atoms. The molecule has 1 aliphatic carbocycles. The lowest BCUT2D eigenvalue weighted by molar-refractivity contribution is -0.144. The zero-order valence-corrected chi connectivity index (χ0v) is 21.6. The van der Waals surface area contributed by atoms with Gasteiger partial charge in [0.25, 0.3) is 0 Å². The molecule has 0 fully saturated rings. The second-order valence-electron chi connectivity index (χ2n) is 9.36. The van der Waals surface area contributed by atoms with Gasteiger partial charge in [-0.1, -0.05) is 42.8 Å². The molecule has 2 aromatic carbocycles. The van der Waals surface area contributed by atoms with Crippen molar-refractivity contribution in [2.45, 2.75) is 64.9 Å². The molecule has 0 spiro atoms. The Morgan fingerprint density at radius 3 is 2.31 bits per heavy atom.